The number of rotatable bonds is 6. The molecule has 94 valence electrons. The fourth-order valence-electron chi connectivity index (χ4n) is 1.39. The third kappa shape index (κ3) is 4.79. The lowest BCUT2D eigenvalue weighted by atomic mass is 10.1. The highest BCUT2D eigenvalue weighted by molar-refractivity contribution is 7.98. The molecule has 1 atom stereocenters. The molecule has 0 aliphatic carbocycles. The van der Waals surface area contributed by atoms with Crippen LogP contribution in [0.4, 0.5) is 0 Å². The summed E-state index contributed by atoms with van der Waals surface area (Å²) < 4.78 is 4.85. The average Bonchev–Trinajstić information content (AvgIpc) is 2.31. The van der Waals surface area contributed by atoms with E-state index < -0.39 is 6.04 Å². The van der Waals surface area contributed by atoms with Crippen molar-refractivity contribution in [3.8, 4) is 0 Å². The molecule has 2 N–H and O–H groups in total. The minimum atomic E-state index is -0.524. The smallest absolute Gasteiger partial charge is 0.323 e. The van der Waals surface area contributed by atoms with Crippen molar-refractivity contribution >= 4 is 17.7 Å². The lowest BCUT2D eigenvalue weighted by molar-refractivity contribution is -0.144. The molecule has 1 rings (SSSR count). The van der Waals surface area contributed by atoms with E-state index >= 15 is 0 Å². The van der Waals surface area contributed by atoms with Gasteiger partial charge in [0.2, 0.25) is 0 Å². The van der Waals surface area contributed by atoms with Crippen molar-refractivity contribution in [1.29, 1.82) is 0 Å². The third-order valence-corrected chi connectivity index (χ3v) is 3.52. The van der Waals surface area contributed by atoms with Gasteiger partial charge in [-0.1, -0.05) is 24.3 Å². The van der Waals surface area contributed by atoms with Crippen molar-refractivity contribution < 1.29 is 9.53 Å². The molecular formula is C13H19NO2S. The maximum absolute atomic E-state index is 11.3. The van der Waals surface area contributed by atoms with E-state index in [1.54, 1.807) is 18.7 Å². The van der Waals surface area contributed by atoms with Crippen molar-refractivity contribution in [2.45, 2.75) is 25.6 Å². The second-order valence-corrected chi connectivity index (χ2v) is 4.83. The zero-order chi connectivity index (χ0) is 12.7. The lowest BCUT2D eigenvalue weighted by Gasteiger charge is -2.10. The van der Waals surface area contributed by atoms with Gasteiger partial charge in [0.1, 0.15) is 6.04 Å². The van der Waals surface area contributed by atoms with Crippen molar-refractivity contribution in [2.75, 3.05) is 12.4 Å². The van der Waals surface area contributed by atoms with Crippen LogP contribution in [0.3, 0.4) is 0 Å². The monoisotopic (exact) mass is 253 g/mol. The maximum atomic E-state index is 11.3. The van der Waals surface area contributed by atoms with E-state index in [2.05, 4.69) is 19.1 Å². The number of benzene rings is 1. The quantitative estimate of drug-likeness (QED) is 0.789. The second-order valence-electron chi connectivity index (χ2n) is 3.80. The molecule has 0 saturated carbocycles. The van der Waals surface area contributed by atoms with E-state index in [0.29, 0.717) is 12.4 Å². The van der Waals surface area contributed by atoms with E-state index in [0.717, 1.165) is 5.75 Å². The van der Waals surface area contributed by atoms with Gasteiger partial charge >= 0.3 is 5.97 Å². The molecule has 1 unspecified atom stereocenters. The minimum absolute atomic E-state index is 0.315. The molecule has 0 amide bonds. The summed E-state index contributed by atoms with van der Waals surface area (Å²) in [6, 6.07) is 7.70. The predicted octanol–water partition coefficient (Wildman–Crippen LogP) is 2.12. The first kappa shape index (κ1) is 14.1. The van der Waals surface area contributed by atoms with E-state index in [1.165, 1.54) is 11.1 Å². The fourth-order valence-corrected chi connectivity index (χ4v) is 2.44. The zero-order valence-electron chi connectivity index (χ0n) is 10.3. The first-order chi connectivity index (χ1) is 8.15. The van der Waals surface area contributed by atoms with Crippen molar-refractivity contribution in [2.24, 2.45) is 5.73 Å². The van der Waals surface area contributed by atoms with Gasteiger partial charge in [-0.2, -0.15) is 11.8 Å². The van der Waals surface area contributed by atoms with Crippen LogP contribution in [0.25, 0.3) is 0 Å². The number of hydrogen-bond donors (Lipinski definition) is 1. The molecule has 0 bridgehead atoms. The highest BCUT2D eigenvalue weighted by Gasteiger charge is 2.14. The number of ether oxygens (including phenoxy) is 1. The van der Waals surface area contributed by atoms with Crippen LogP contribution in [0.1, 0.15) is 18.1 Å². The molecule has 0 saturated heterocycles. The highest BCUT2D eigenvalue weighted by Crippen LogP contribution is 2.16. The summed E-state index contributed by atoms with van der Waals surface area (Å²) in [6.45, 7) is 4.25. The Morgan fingerprint density at radius 2 is 2.18 bits per heavy atom. The number of nitrogens with two attached hydrogens (primary N) is 1. The molecule has 0 radical (unpaired) electrons. The Kier molecular flexibility index (Phi) is 6.08. The lowest BCUT2D eigenvalue weighted by Crippen LogP contribution is -2.34. The van der Waals surface area contributed by atoms with Gasteiger partial charge in [0.15, 0.2) is 0 Å². The summed E-state index contributed by atoms with van der Waals surface area (Å²) in [5, 5.41) is 0. The summed E-state index contributed by atoms with van der Waals surface area (Å²) in [4.78, 5) is 11.3. The van der Waals surface area contributed by atoms with Crippen LogP contribution in [-0.4, -0.2) is 24.4 Å². The number of esters is 1. The van der Waals surface area contributed by atoms with Gasteiger partial charge in [0, 0.05) is 11.5 Å². The summed E-state index contributed by atoms with van der Waals surface area (Å²) in [5.41, 5.74) is 8.26. The SMILES string of the molecule is CCOC(=O)C(N)CSCc1ccccc1C. The zero-order valence-corrected chi connectivity index (χ0v) is 11.1. The standard InChI is InChI=1S/C13H19NO2S/c1-3-16-13(15)12(14)9-17-8-11-7-5-4-6-10(11)2/h4-7,12H,3,8-9,14H2,1-2H3. The molecule has 1 aromatic carbocycles. The molecular weight excluding hydrogens is 234 g/mol. The van der Waals surface area contributed by atoms with Crippen LogP contribution in [0.5, 0.6) is 0 Å². The van der Waals surface area contributed by atoms with Gasteiger partial charge in [-0.25, -0.2) is 0 Å². The number of carbonyl (C=O) groups excluding carboxylic acids is 1. The maximum Gasteiger partial charge on any atom is 0.323 e. The van der Waals surface area contributed by atoms with E-state index in [-0.39, 0.29) is 5.97 Å². The van der Waals surface area contributed by atoms with E-state index in [4.69, 9.17) is 10.5 Å². The largest absolute Gasteiger partial charge is 0.465 e. The number of carbonyl (C=O) groups is 1. The van der Waals surface area contributed by atoms with Gasteiger partial charge in [-0.15, -0.1) is 0 Å². The Morgan fingerprint density at radius 1 is 1.47 bits per heavy atom. The average molecular weight is 253 g/mol. The fraction of sp³-hybridized carbons (Fsp3) is 0.462. The Bertz CT molecular complexity index is 368. The van der Waals surface area contributed by atoms with Crippen LogP contribution in [0.15, 0.2) is 24.3 Å². The minimum Gasteiger partial charge on any atom is -0.465 e. The molecule has 0 aromatic heterocycles. The van der Waals surface area contributed by atoms with Crippen LogP contribution in [-0.2, 0) is 15.3 Å². The molecule has 4 heteroatoms. The van der Waals surface area contributed by atoms with Crippen LogP contribution >= 0.6 is 11.8 Å². The number of thioether (sulfide) groups is 1. The molecule has 1 aromatic rings. The van der Waals surface area contributed by atoms with Crippen LogP contribution < -0.4 is 5.73 Å². The Labute approximate surface area is 107 Å². The molecule has 0 fully saturated rings. The van der Waals surface area contributed by atoms with Gasteiger partial charge in [0.05, 0.1) is 6.61 Å². The van der Waals surface area contributed by atoms with Gasteiger partial charge in [0.25, 0.3) is 0 Å². The first-order valence-electron chi connectivity index (χ1n) is 5.69. The molecule has 0 aliphatic rings. The van der Waals surface area contributed by atoms with Crippen molar-refractivity contribution in [3.05, 3.63) is 35.4 Å². The van der Waals surface area contributed by atoms with Gasteiger partial charge in [-0.3, -0.25) is 4.79 Å². The molecule has 3 nitrogen and oxygen atoms in total. The number of hydrogen-bond acceptors (Lipinski definition) is 4. The Morgan fingerprint density at radius 3 is 2.82 bits per heavy atom. The molecule has 0 heterocycles. The topological polar surface area (TPSA) is 52.3 Å². The normalized spacial score (nSPS) is 12.2. The van der Waals surface area contributed by atoms with Crippen molar-refractivity contribution in [3.63, 3.8) is 0 Å². The summed E-state index contributed by atoms with van der Waals surface area (Å²) >= 11 is 1.66. The summed E-state index contributed by atoms with van der Waals surface area (Å²) in [6.07, 6.45) is 0. The summed E-state index contributed by atoms with van der Waals surface area (Å²) in [5.74, 6) is 1.15. The van der Waals surface area contributed by atoms with E-state index in [9.17, 15) is 4.79 Å². The molecule has 0 aliphatic heterocycles. The molecule has 0 spiro atoms. The first-order valence-corrected chi connectivity index (χ1v) is 6.85. The van der Waals surface area contributed by atoms with E-state index in [1.807, 2.05) is 12.1 Å². The Balaban J connectivity index is 2.33. The molecule has 17 heavy (non-hydrogen) atoms. The van der Waals surface area contributed by atoms with Gasteiger partial charge in [-0.05, 0) is 25.0 Å². The van der Waals surface area contributed by atoms with Gasteiger partial charge < -0.3 is 10.5 Å². The third-order valence-electron chi connectivity index (χ3n) is 2.41. The van der Waals surface area contributed by atoms with Crippen LogP contribution in [0, 0.1) is 6.92 Å². The summed E-state index contributed by atoms with van der Waals surface area (Å²) in [7, 11) is 0. The van der Waals surface area contributed by atoms with Crippen LogP contribution in [0.2, 0.25) is 0 Å². The second kappa shape index (κ2) is 7.35. The van der Waals surface area contributed by atoms with Crippen molar-refractivity contribution in [1.82, 2.24) is 0 Å². The predicted molar refractivity (Wildman–Crippen MR) is 71.9 cm³/mol. The highest BCUT2D eigenvalue weighted by atomic mass is 32.2. The Hall–Kier alpha value is -1.00. The number of aryl methyl sites for hydroxylation is 1.